The molecule has 1 aromatic heterocycles. The van der Waals surface area contributed by atoms with Crippen molar-refractivity contribution in [3.8, 4) is 0 Å². The minimum atomic E-state index is 0.0941. The largest absolute Gasteiger partial charge is 0.384 e. The van der Waals surface area contributed by atoms with Crippen LogP contribution in [0.15, 0.2) is 42.7 Å². The molecule has 0 radical (unpaired) electrons. The predicted molar refractivity (Wildman–Crippen MR) is 78.5 cm³/mol. The molecule has 0 unspecified atom stereocenters. The molecule has 19 heavy (non-hydrogen) atoms. The standard InChI is InChI=1S/C15H18N4/c1-11-3-4-13(15(16)17)14(9-11)19(2)10-12-5-7-18-8-6-12/h3-9H,10H2,1-2H3,(H3,16,17). The number of rotatable bonds is 4. The lowest BCUT2D eigenvalue weighted by Crippen LogP contribution is -2.22. The van der Waals surface area contributed by atoms with Gasteiger partial charge in [-0.05, 0) is 42.3 Å². The number of benzene rings is 1. The van der Waals surface area contributed by atoms with Crippen LogP contribution in [-0.4, -0.2) is 17.9 Å². The van der Waals surface area contributed by atoms with Crippen LogP contribution >= 0.6 is 0 Å². The average Bonchev–Trinajstić information content (AvgIpc) is 2.39. The van der Waals surface area contributed by atoms with Crippen LogP contribution in [0.4, 0.5) is 5.69 Å². The topological polar surface area (TPSA) is 66.0 Å². The number of aromatic nitrogens is 1. The quantitative estimate of drug-likeness (QED) is 0.650. The van der Waals surface area contributed by atoms with E-state index in [4.69, 9.17) is 11.1 Å². The summed E-state index contributed by atoms with van der Waals surface area (Å²) >= 11 is 0. The van der Waals surface area contributed by atoms with Gasteiger partial charge in [0.25, 0.3) is 0 Å². The van der Waals surface area contributed by atoms with Crippen LogP contribution in [0, 0.1) is 12.3 Å². The Morgan fingerprint density at radius 3 is 2.58 bits per heavy atom. The van der Waals surface area contributed by atoms with Gasteiger partial charge in [0, 0.05) is 37.2 Å². The molecule has 0 atom stereocenters. The Kier molecular flexibility index (Phi) is 3.80. The lowest BCUT2D eigenvalue weighted by molar-refractivity contribution is 0.916. The van der Waals surface area contributed by atoms with Gasteiger partial charge in [-0.15, -0.1) is 0 Å². The molecule has 2 rings (SSSR count). The first-order valence-corrected chi connectivity index (χ1v) is 6.13. The van der Waals surface area contributed by atoms with Gasteiger partial charge in [0.1, 0.15) is 5.84 Å². The number of pyridine rings is 1. The lowest BCUT2D eigenvalue weighted by Gasteiger charge is -2.22. The Morgan fingerprint density at radius 1 is 1.26 bits per heavy atom. The summed E-state index contributed by atoms with van der Waals surface area (Å²) in [6, 6.07) is 9.90. The van der Waals surface area contributed by atoms with Gasteiger partial charge in [0.05, 0.1) is 0 Å². The van der Waals surface area contributed by atoms with Crippen molar-refractivity contribution in [3.63, 3.8) is 0 Å². The summed E-state index contributed by atoms with van der Waals surface area (Å²) < 4.78 is 0. The number of nitrogens with one attached hydrogen (secondary N) is 1. The summed E-state index contributed by atoms with van der Waals surface area (Å²) in [5, 5.41) is 7.66. The van der Waals surface area contributed by atoms with Crippen LogP contribution in [-0.2, 0) is 6.54 Å². The van der Waals surface area contributed by atoms with Crippen molar-refractivity contribution in [3.05, 3.63) is 59.4 Å². The molecule has 0 amide bonds. The van der Waals surface area contributed by atoms with E-state index in [0.29, 0.717) is 0 Å². The zero-order valence-electron chi connectivity index (χ0n) is 11.2. The van der Waals surface area contributed by atoms with Crippen molar-refractivity contribution >= 4 is 11.5 Å². The van der Waals surface area contributed by atoms with Crippen molar-refractivity contribution in [1.82, 2.24) is 4.98 Å². The molecule has 4 nitrogen and oxygen atoms in total. The highest BCUT2D eigenvalue weighted by Gasteiger charge is 2.10. The number of amidine groups is 1. The molecule has 3 N–H and O–H groups in total. The number of aryl methyl sites for hydroxylation is 1. The van der Waals surface area contributed by atoms with Crippen LogP contribution in [0.5, 0.6) is 0 Å². The van der Waals surface area contributed by atoms with Crippen molar-refractivity contribution in [2.24, 2.45) is 5.73 Å². The average molecular weight is 254 g/mol. The highest BCUT2D eigenvalue weighted by Crippen LogP contribution is 2.22. The molecule has 0 spiro atoms. The second kappa shape index (κ2) is 5.52. The van der Waals surface area contributed by atoms with E-state index in [9.17, 15) is 0 Å². The number of nitrogen functional groups attached to an aromatic ring is 1. The SMILES string of the molecule is Cc1ccc(C(=N)N)c(N(C)Cc2ccncc2)c1. The van der Waals surface area contributed by atoms with Crippen molar-refractivity contribution in [2.75, 3.05) is 11.9 Å². The molecule has 0 saturated carbocycles. The number of nitrogens with zero attached hydrogens (tertiary/aromatic N) is 2. The molecule has 0 bridgehead atoms. The molecular formula is C15H18N4. The summed E-state index contributed by atoms with van der Waals surface area (Å²) in [6.07, 6.45) is 3.57. The van der Waals surface area contributed by atoms with E-state index in [2.05, 4.69) is 16.0 Å². The fourth-order valence-corrected chi connectivity index (χ4v) is 2.03. The fraction of sp³-hybridized carbons (Fsp3) is 0.200. The minimum absolute atomic E-state index is 0.0941. The van der Waals surface area contributed by atoms with Gasteiger partial charge in [-0.1, -0.05) is 6.07 Å². The lowest BCUT2D eigenvalue weighted by atomic mass is 10.1. The molecule has 1 aromatic carbocycles. The Morgan fingerprint density at radius 2 is 1.95 bits per heavy atom. The zero-order chi connectivity index (χ0) is 13.8. The summed E-state index contributed by atoms with van der Waals surface area (Å²) in [6.45, 7) is 2.79. The molecule has 0 fully saturated rings. The van der Waals surface area contributed by atoms with Crippen LogP contribution in [0.3, 0.4) is 0 Å². The molecular weight excluding hydrogens is 236 g/mol. The Labute approximate surface area is 113 Å². The highest BCUT2D eigenvalue weighted by atomic mass is 15.1. The summed E-state index contributed by atoms with van der Waals surface area (Å²) in [5.74, 6) is 0.0941. The van der Waals surface area contributed by atoms with E-state index < -0.39 is 0 Å². The molecule has 0 aliphatic rings. The molecule has 0 aliphatic heterocycles. The molecule has 0 aliphatic carbocycles. The van der Waals surface area contributed by atoms with E-state index in [0.717, 1.165) is 23.4 Å². The van der Waals surface area contributed by atoms with Crippen molar-refractivity contribution in [1.29, 1.82) is 5.41 Å². The summed E-state index contributed by atoms with van der Waals surface area (Å²) in [7, 11) is 2.00. The van der Waals surface area contributed by atoms with Crippen molar-refractivity contribution < 1.29 is 0 Å². The molecule has 0 saturated heterocycles. The maximum atomic E-state index is 7.66. The van der Waals surface area contributed by atoms with Crippen LogP contribution < -0.4 is 10.6 Å². The van der Waals surface area contributed by atoms with Crippen LogP contribution in [0.2, 0.25) is 0 Å². The van der Waals surface area contributed by atoms with Gasteiger partial charge < -0.3 is 10.6 Å². The summed E-state index contributed by atoms with van der Waals surface area (Å²) in [4.78, 5) is 6.11. The van der Waals surface area contributed by atoms with Gasteiger partial charge >= 0.3 is 0 Å². The third-order valence-corrected chi connectivity index (χ3v) is 3.02. The highest BCUT2D eigenvalue weighted by molar-refractivity contribution is 6.00. The Balaban J connectivity index is 2.30. The first-order valence-electron chi connectivity index (χ1n) is 6.13. The molecule has 1 heterocycles. The van der Waals surface area contributed by atoms with E-state index >= 15 is 0 Å². The maximum Gasteiger partial charge on any atom is 0.124 e. The third-order valence-electron chi connectivity index (χ3n) is 3.02. The van der Waals surface area contributed by atoms with Crippen LogP contribution in [0.25, 0.3) is 0 Å². The molecule has 2 aromatic rings. The first kappa shape index (κ1) is 13.1. The van der Waals surface area contributed by atoms with Crippen molar-refractivity contribution in [2.45, 2.75) is 13.5 Å². The number of nitrogens with two attached hydrogens (primary N) is 1. The van der Waals surface area contributed by atoms with Gasteiger partial charge in [-0.2, -0.15) is 0 Å². The predicted octanol–water partition coefficient (Wildman–Crippen LogP) is 2.31. The molecule has 4 heteroatoms. The van der Waals surface area contributed by atoms with Gasteiger partial charge in [-0.25, -0.2) is 0 Å². The Hall–Kier alpha value is -2.36. The molecule has 98 valence electrons. The van der Waals surface area contributed by atoms with E-state index in [1.54, 1.807) is 12.4 Å². The van der Waals surface area contributed by atoms with Crippen LogP contribution in [0.1, 0.15) is 16.7 Å². The zero-order valence-corrected chi connectivity index (χ0v) is 11.2. The second-order valence-corrected chi connectivity index (χ2v) is 4.65. The number of anilines is 1. The maximum absolute atomic E-state index is 7.66. The number of hydrogen-bond donors (Lipinski definition) is 2. The van der Waals surface area contributed by atoms with E-state index in [1.165, 1.54) is 5.56 Å². The summed E-state index contributed by atoms with van der Waals surface area (Å²) in [5.41, 5.74) is 9.71. The van der Waals surface area contributed by atoms with Gasteiger partial charge in [-0.3, -0.25) is 10.4 Å². The fourth-order valence-electron chi connectivity index (χ4n) is 2.03. The normalized spacial score (nSPS) is 10.2. The second-order valence-electron chi connectivity index (χ2n) is 4.65. The first-order chi connectivity index (χ1) is 9.08. The van der Waals surface area contributed by atoms with Gasteiger partial charge in [0.15, 0.2) is 0 Å². The smallest absolute Gasteiger partial charge is 0.124 e. The monoisotopic (exact) mass is 254 g/mol. The van der Waals surface area contributed by atoms with Gasteiger partial charge in [0.2, 0.25) is 0 Å². The number of hydrogen-bond acceptors (Lipinski definition) is 3. The minimum Gasteiger partial charge on any atom is -0.384 e. The Bertz CT molecular complexity index is 578. The third kappa shape index (κ3) is 3.10. The van der Waals surface area contributed by atoms with E-state index in [-0.39, 0.29) is 5.84 Å². The van der Waals surface area contributed by atoms with E-state index in [1.807, 2.05) is 38.2 Å².